The zero-order chi connectivity index (χ0) is 13.6. The second-order valence-electron chi connectivity index (χ2n) is 5.73. The highest BCUT2D eigenvalue weighted by Crippen LogP contribution is 2.37. The zero-order valence-electron chi connectivity index (χ0n) is 10.9. The first-order chi connectivity index (χ1) is 8.25. The van der Waals surface area contributed by atoms with Crippen molar-refractivity contribution in [3.05, 3.63) is 23.8 Å². The number of aliphatic hydroxyl groups is 1. The van der Waals surface area contributed by atoms with E-state index in [-0.39, 0.29) is 17.8 Å². The van der Waals surface area contributed by atoms with Gasteiger partial charge in [0.1, 0.15) is 0 Å². The summed E-state index contributed by atoms with van der Waals surface area (Å²) < 4.78 is 24.3. The fourth-order valence-electron chi connectivity index (χ4n) is 2.26. The summed E-state index contributed by atoms with van der Waals surface area (Å²) in [6.07, 6.45) is 0. The molecule has 0 spiro atoms. The van der Waals surface area contributed by atoms with Gasteiger partial charge in [-0.3, -0.25) is 0 Å². The Morgan fingerprint density at radius 3 is 2.61 bits per heavy atom. The largest absolute Gasteiger partial charge is 0.394 e. The maximum atomic E-state index is 12.2. The van der Waals surface area contributed by atoms with Gasteiger partial charge in [0.25, 0.3) is 0 Å². The molecule has 0 bridgehead atoms. The lowest BCUT2D eigenvalue weighted by molar-refractivity contribution is 0.281. The van der Waals surface area contributed by atoms with E-state index in [2.05, 4.69) is 5.32 Å². The van der Waals surface area contributed by atoms with E-state index in [9.17, 15) is 13.5 Å². The van der Waals surface area contributed by atoms with Crippen LogP contribution in [0.25, 0.3) is 0 Å². The molecule has 1 aliphatic heterocycles. The van der Waals surface area contributed by atoms with Gasteiger partial charge in [-0.05, 0) is 17.0 Å². The average Bonchev–Trinajstić information content (AvgIpc) is 2.26. The van der Waals surface area contributed by atoms with Crippen molar-refractivity contribution < 1.29 is 13.5 Å². The Hall–Kier alpha value is -1.07. The number of anilines is 1. The van der Waals surface area contributed by atoms with Crippen LogP contribution in [0.3, 0.4) is 0 Å². The van der Waals surface area contributed by atoms with Gasteiger partial charge in [-0.25, -0.2) is 8.42 Å². The molecule has 1 aliphatic rings. The van der Waals surface area contributed by atoms with Crippen LogP contribution in [0.4, 0.5) is 5.69 Å². The smallest absolute Gasteiger partial charge is 0.182 e. The molecule has 0 radical (unpaired) electrons. The van der Waals surface area contributed by atoms with E-state index in [1.807, 2.05) is 26.8 Å². The number of sulfone groups is 1. The van der Waals surface area contributed by atoms with Crippen molar-refractivity contribution in [3.63, 3.8) is 0 Å². The SMILES string of the molecule is CC(C)(C)c1cccc2c1NC(CO)CS2(=O)=O. The lowest BCUT2D eigenvalue weighted by Crippen LogP contribution is -2.38. The molecular weight excluding hydrogens is 250 g/mol. The van der Waals surface area contributed by atoms with Crippen molar-refractivity contribution in [1.82, 2.24) is 0 Å². The summed E-state index contributed by atoms with van der Waals surface area (Å²) in [5, 5.41) is 12.4. The van der Waals surface area contributed by atoms with Crippen LogP contribution in [-0.2, 0) is 15.3 Å². The first kappa shape index (κ1) is 13.4. The van der Waals surface area contributed by atoms with Crippen molar-refractivity contribution in [2.24, 2.45) is 0 Å². The normalized spacial score (nSPS) is 22.1. The van der Waals surface area contributed by atoms with Crippen molar-refractivity contribution in [1.29, 1.82) is 0 Å². The third-order valence-corrected chi connectivity index (χ3v) is 5.01. The highest BCUT2D eigenvalue weighted by molar-refractivity contribution is 7.91. The van der Waals surface area contributed by atoms with Crippen molar-refractivity contribution in [3.8, 4) is 0 Å². The van der Waals surface area contributed by atoms with Gasteiger partial charge in [-0.15, -0.1) is 0 Å². The van der Waals surface area contributed by atoms with Gasteiger partial charge in [0, 0.05) is 0 Å². The average molecular weight is 269 g/mol. The Morgan fingerprint density at radius 2 is 2.06 bits per heavy atom. The number of para-hydroxylation sites is 1. The van der Waals surface area contributed by atoms with Crippen LogP contribution in [-0.4, -0.2) is 31.9 Å². The van der Waals surface area contributed by atoms with Gasteiger partial charge in [-0.2, -0.15) is 0 Å². The monoisotopic (exact) mass is 269 g/mol. The standard InChI is InChI=1S/C13H19NO3S/c1-13(2,3)10-5-4-6-11-12(10)14-9(7-15)8-18(11,16)17/h4-6,9,14-15H,7-8H2,1-3H3. The molecule has 0 aliphatic carbocycles. The maximum Gasteiger partial charge on any atom is 0.182 e. The van der Waals surface area contributed by atoms with E-state index in [4.69, 9.17) is 0 Å². The molecule has 18 heavy (non-hydrogen) atoms. The van der Waals surface area contributed by atoms with Gasteiger partial charge >= 0.3 is 0 Å². The van der Waals surface area contributed by atoms with Crippen LogP contribution in [0.2, 0.25) is 0 Å². The van der Waals surface area contributed by atoms with E-state index in [1.54, 1.807) is 12.1 Å². The second kappa shape index (κ2) is 4.24. The van der Waals surface area contributed by atoms with E-state index in [1.165, 1.54) is 0 Å². The minimum atomic E-state index is -3.31. The molecular formula is C13H19NO3S. The molecule has 1 aromatic carbocycles. The number of fused-ring (bicyclic) bond motifs is 1. The molecule has 0 saturated carbocycles. The highest BCUT2D eigenvalue weighted by Gasteiger charge is 2.33. The Bertz CT molecular complexity index is 558. The third kappa shape index (κ3) is 2.24. The van der Waals surface area contributed by atoms with Crippen LogP contribution < -0.4 is 5.32 Å². The quantitative estimate of drug-likeness (QED) is 0.811. The van der Waals surface area contributed by atoms with E-state index >= 15 is 0 Å². The van der Waals surface area contributed by atoms with Gasteiger partial charge in [0.05, 0.1) is 29.0 Å². The summed E-state index contributed by atoms with van der Waals surface area (Å²) in [5.41, 5.74) is 1.46. The molecule has 0 aromatic heterocycles. The fourth-order valence-corrected chi connectivity index (χ4v) is 3.93. The number of hydrogen-bond donors (Lipinski definition) is 2. The summed E-state index contributed by atoms with van der Waals surface area (Å²) in [6.45, 7) is 5.94. The predicted molar refractivity (Wildman–Crippen MR) is 71.7 cm³/mol. The number of benzene rings is 1. The Morgan fingerprint density at radius 1 is 1.39 bits per heavy atom. The van der Waals surface area contributed by atoms with Crippen LogP contribution in [0, 0.1) is 0 Å². The van der Waals surface area contributed by atoms with Crippen molar-refractivity contribution in [2.75, 3.05) is 17.7 Å². The molecule has 1 heterocycles. The van der Waals surface area contributed by atoms with Gasteiger partial charge in [0.15, 0.2) is 9.84 Å². The zero-order valence-corrected chi connectivity index (χ0v) is 11.7. The molecule has 2 N–H and O–H groups in total. The summed E-state index contributed by atoms with van der Waals surface area (Å²) in [7, 11) is -3.31. The first-order valence-corrected chi connectivity index (χ1v) is 7.64. The molecule has 0 amide bonds. The van der Waals surface area contributed by atoms with Crippen LogP contribution in [0.15, 0.2) is 23.1 Å². The number of rotatable bonds is 1. The molecule has 5 heteroatoms. The van der Waals surface area contributed by atoms with Crippen LogP contribution in [0.5, 0.6) is 0 Å². The number of nitrogens with one attached hydrogen (secondary N) is 1. The van der Waals surface area contributed by atoms with Gasteiger partial charge in [-0.1, -0.05) is 32.9 Å². The summed E-state index contributed by atoms with van der Waals surface area (Å²) in [5.74, 6) is -0.0515. The van der Waals surface area contributed by atoms with Crippen LogP contribution >= 0.6 is 0 Å². The highest BCUT2D eigenvalue weighted by atomic mass is 32.2. The summed E-state index contributed by atoms with van der Waals surface area (Å²) in [4.78, 5) is 0.347. The minimum absolute atomic E-state index is 0.0515. The van der Waals surface area contributed by atoms with Crippen molar-refractivity contribution >= 4 is 15.5 Å². The number of hydrogen-bond acceptors (Lipinski definition) is 4. The maximum absolute atomic E-state index is 12.2. The minimum Gasteiger partial charge on any atom is -0.394 e. The lowest BCUT2D eigenvalue weighted by Gasteiger charge is -2.31. The third-order valence-electron chi connectivity index (χ3n) is 3.16. The molecule has 1 atom stereocenters. The van der Waals surface area contributed by atoms with E-state index < -0.39 is 15.9 Å². The topological polar surface area (TPSA) is 66.4 Å². The molecule has 2 rings (SSSR count). The Kier molecular flexibility index (Phi) is 3.15. The fraction of sp³-hybridized carbons (Fsp3) is 0.538. The lowest BCUT2D eigenvalue weighted by atomic mass is 9.85. The molecule has 1 unspecified atom stereocenters. The predicted octanol–water partition coefficient (Wildman–Crippen LogP) is 1.54. The van der Waals surface area contributed by atoms with Crippen molar-refractivity contribution in [2.45, 2.75) is 37.1 Å². The molecule has 0 saturated heterocycles. The van der Waals surface area contributed by atoms with Crippen LogP contribution in [0.1, 0.15) is 26.3 Å². The molecule has 100 valence electrons. The molecule has 0 fully saturated rings. The molecule has 4 nitrogen and oxygen atoms in total. The Labute approximate surface area is 108 Å². The molecule has 1 aromatic rings. The van der Waals surface area contributed by atoms with Gasteiger partial charge < -0.3 is 10.4 Å². The van der Waals surface area contributed by atoms with E-state index in [0.717, 1.165) is 5.56 Å². The summed E-state index contributed by atoms with van der Waals surface area (Å²) in [6, 6.07) is 4.91. The number of aliphatic hydroxyl groups excluding tert-OH is 1. The Balaban J connectivity index is 2.66. The second-order valence-corrected chi connectivity index (χ2v) is 7.74. The first-order valence-electron chi connectivity index (χ1n) is 5.99. The van der Waals surface area contributed by atoms with Gasteiger partial charge in [0.2, 0.25) is 0 Å². The summed E-state index contributed by atoms with van der Waals surface area (Å²) >= 11 is 0. The van der Waals surface area contributed by atoms with E-state index in [0.29, 0.717) is 10.6 Å².